The highest BCUT2D eigenvalue weighted by Gasteiger charge is 2.36. The van der Waals surface area contributed by atoms with Crippen molar-refractivity contribution in [1.82, 2.24) is 5.32 Å². The molecule has 2 rings (SSSR count). The Morgan fingerprint density at radius 1 is 1.75 bits per heavy atom. The first-order valence-electron chi connectivity index (χ1n) is 3.41. The molecule has 0 spiro atoms. The van der Waals surface area contributed by atoms with Crippen molar-refractivity contribution in [2.45, 2.75) is 12.1 Å². The van der Waals surface area contributed by atoms with Crippen LogP contribution in [0.15, 0.2) is 22.5 Å². The minimum absolute atomic E-state index is 0.0592. The number of fused-ring (bicyclic) bond motifs is 1. The maximum absolute atomic E-state index is 10.5. The van der Waals surface area contributed by atoms with Gasteiger partial charge in [-0.3, -0.25) is 0 Å². The Morgan fingerprint density at radius 2 is 2.50 bits per heavy atom. The van der Waals surface area contributed by atoms with Gasteiger partial charge in [-0.25, -0.2) is 4.79 Å². The van der Waals surface area contributed by atoms with Crippen molar-refractivity contribution in [2.24, 2.45) is 0 Å². The second-order valence-electron chi connectivity index (χ2n) is 2.61. The van der Waals surface area contributed by atoms with Crippen LogP contribution in [-0.4, -0.2) is 23.2 Å². The molecule has 0 aromatic rings. The molecule has 2 atom stereocenters. The van der Waals surface area contributed by atoms with Crippen LogP contribution in [0, 0.1) is 0 Å². The van der Waals surface area contributed by atoms with E-state index < -0.39 is 5.97 Å². The molecule has 2 aliphatic rings. The first-order valence-corrected chi connectivity index (χ1v) is 4.20. The molecule has 0 amide bonds. The lowest BCUT2D eigenvalue weighted by Crippen LogP contribution is -2.30. The molecule has 2 N–H and O–H groups in total. The number of carbonyl (C=O) groups is 1. The molecule has 0 bridgehead atoms. The van der Waals surface area contributed by atoms with E-state index >= 15 is 0 Å². The molecule has 0 fully saturated rings. The number of rotatable bonds is 1. The van der Waals surface area contributed by atoms with Crippen molar-refractivity contribution in [3.05, 3.63) is 22.5 Å². The molecule has 0 aromatic heterocycles. The van der Waals surface area contributed by atoms with Gasteiger partial charge in [-0.05, 0) is 22.0 Å². The summed E-state index contributed by atoms with van der Waals surface area (Å²) in [7, 11) is 0. The molecule has 5 heteroatoms. The molecule has 2 heterocycles. The molecular weight excluding hydrogens is 226 g/mol. The lowest BCUT2D eigenvalue weighted by atomic mass is 10.2. The molecule has 0 saturated heterocycles. The fourth-order valence-corrected chi connectivity index (χ4v) is 1.73. The Balaban J connectivity index is 2.17. The highest BCUT2D eigenvalue weighted by atomic mass is 79.9. The molecule has 0 saturated carbocycles. The quantitative estimate of drug-likeness (QED) is 0.693. The maximum atomic E-state index is 10.5. The number of ether oxygens (including phenoxy) is 1. The van der Waals surface area contributed by atoms with Crippen LogP contribution in [0.4, 0.5) is 0 Å². The molecule has 4 nitrogen and oxygen atoms in total. The summed E-state index contributed by atoms with van der Waals surface area (Å²) < 4.78 is 6.01. The van der Waals surface area contributed by atoms with E-state index in [4.69, 9.17) is 9.84 Å². The average molecular weight is 232 g/mol. The second-order valence-corrected chi connectivity index (χ2v) is 3.53. The van der Waals surface area contributed by atoms with Crippen LogP contribution in [0.3, 0.4) is 0 Å². The molecule has 0 aliphatic carbocycles. The number of hydrogen-bond donors (Lipinski definition) is 2. The van der Waals surface area contributed by atoms with Crippen LogP contribution >= 0.6 is 15.9 Å². The van der Waals surface area contributed by atoms with Gasteiger partial charge in [0.15, 0.2) is 0 Å². The van der Waals surface area contributed by atoms with Gasteiger partial charge in [0.1, 0.15) is 17.8 Å². The standard InChI is InChI=1S/C7H6BrNO3/c8-3-2-12-5-1-4(7(10)11)9-6(3)5/h1-2,5-6,9H,(H,10,11)/t5-,6-/m0/s1. The minimum Gasteiger partial charge on any atom is -0.490 e. The van der Waals surface area contributed by atoms with Gasteiger partial charge in [-0.2, -0.15) is 0 Å². The van der Waals surface area contributed by atoms with Crippen LogP contribution < -0.4 is 5.32 Å². The van der Waals surface area contributed by atoms with Gasteiger partial charge in [-0.15, -0.1) is 0 Å². The fourth-order valence-electron chi connectivity index (χ4n) is 1.25. The Hall–Kier alpha value is -0.970. The zero-order chi connectivity index (χ0) is 8.72. The summed E-state index contributed by atoms with van der Waals surface area (Å²) in [5, 5.41) is 11.5. The van der Waals surface area contributed by atoms with E-state index in [9.17, 15) is 4.79 Å². The van der Waals surface area contributed by atoms with E-state index in [1.165, 1.54) is 0 Å². The van der Waals surface area contributed by atoms with Crippen LogP contribution in [0.1, 0.15) is 0 Å². The van der Waals surface area contributed by atoms with Crippen molar-refractivity contribution in [1.29, 1.82) is 0 Å². The Morgan fingerprint density at radius 3 is 3.08 bits per heavy atom. The number of halogens is 1. The summed E-state index contributed by atoms with van der Waals surface area (Å²) in [5.74, 6) is -0.951. The lowest BCUT2D eigenvalue weighted by Gasteiger charge is -2.09. The van der Waals surface area contributed by atoms with E-state index in [-0.39, 0.29) is 17.8 Å². The van der Waals surface area contributed by atoms with Crippen molar-refractivity contribution in [2.75, 3.05) is 0 Å². The molecular formula is C7H6BrNO3. The molecule has 12 heavy (non-hydrogen) atoms. The van der Waals surface area contributed by atoms with Gasteiger partial charge >= 0.3 is 5.97 Å². The number of aliphatic carboxylic acids is 1. The first kappa shape index (κ1) is 7.67. The molecule has 64 valence electrons. The van der Waals surface area contributed by atoms with Crippen molar-refractivity contribution >= 4 is 21.9 Å². The Kier molecular flexibility index (Phi) is 1.61. The van der Waals surface area contributed by atoms with E-state index in [0.717, 1.165) is 4.48 Å². The van der Waals surface area contributed by atoms with E-state index in [1.54, 1.807) is 12.3 Å². The molecule has 2 aliphatic heterocycles. The predicted molar refractivity (Wildman–Crippen MR) is 44.5 cm³/mol. The van der Waals surface area contributed by atoms with Gasteiger partial charge in [0, 0.05) is 0 Å². The fraction of sp³-hybridized carbons (Fsp3) is 0.286. The van der Waals surface area contributed by atoms with Gasteiger partial charge in [-0.1, -0.05) is 0 Å². The first-order chi connectivity index (χ1) is 5.68. The molecule has 0 radical (unpaired) electrons. The summed E-state index contributed by atoms with van der Waals surface area (Å²) in [4.78, 5) is 10.5. The number of hydrogen-bond acceptors (Lipinski definition) is 3. The van der Waals surface area contributed by atoms with Crippen LogP contribution in [0.25, 0.3) is 0 Å². The summed E-state index contributed by atoms with van der Waals surface area (Å²) in [6, 6.07) is -0.0592. The summed E-state index contributed by atoms with van der Waals surface area (Å²) in [5.41, 5.74) is 0.204. The largest absolute Gasteiger partial charge is 0.490 e. The van der Waals surface area contributed by atoms with E-state index in [1.807, 2.05) is 0 Å². The van der Waals surface area contributed by atoms with E-state index in [0.29, 0.717) is 0 Å². The summed E-state index contributed by atoms with van der Waals surface area (Å²) >= 11 is 3.27. The highest BCUT2D eigenvalue weighted by Crippen LogP contribution is 2.29. The smallest absolute Gasteiger partial charge is 0.351 e. The Labute approximate surface area is 77.0 Å². The van der Waals surface area contributed by atoms with Gasteiger partial charge in [0.25, 0.3) is 0 Å². The Bertz CT molecular complexity index is 297. The monoisotopic (exact) mass is 231 g/mol. The summed E-state index contributed by atoms with van der Waals surface area (Å²) in [6.07, 6.45) is 2.97. The third kappa shape index (κ3) is 1.01. The van der Waals surface area contributed by atoms with Gasteiger partial charge in [0.05, 0.1) is 10.7 Å². The maximum Gasteiger partial charge on any atom is 0.351 e. The lowest BCUT2D eigenvalue weighted by molar-refractivity contribution is -0.133. The third-order valence-corrected chi connectivity index (χ3v) is 2.52. The SMILES string of the molecule is O=C(O)C1=C[C@@H]2OC=C(Br)[C@@H]2N1. The van der Waals surface area contributed by atoms with Crippen molar-refractivity contribution in [3.8, 4) is 0 Å². The van der Waals surface area contributed by atoms with Crippen LogP contribution in [-0.2, 0) is 9.53 Å². The average Bonchev–Trinajstić information content (AvgIpc) is 2.53. The minimum atomic E-state index is -0.951. The second kappa shape index (κ2) is 2.52. The topological polar surface area (TPSA) is 58.6 Å². The number of carboxylic acid groups (broad SMARTS) is 1. The number of nitrogens with one attached hydrogen (secondary N) is 1. The van der Waals surface area contributed by atoms with Crippen LogP contribution in [0.5, 0.6) is 0 Å². The van der Waals surface area contributed by atoms with Crippen molar-refractivity contribution in [3.63, 3.8) is 0 Å². The molecule has 0 aromatic carbocycles. The van der Waals surface area contributed by atoms with Gasteiger partial charge < -0.3 is 15.2 Å². The van der Waals surface area contributed by atoms with Crippen LogP contribution in [0.2, 0.25) is 0 Å². The summed E-state index contributed by atoms with van der Waals surface area (Å²) in [6.45, 7) is 0. The third-order valence-electron chi connectivity index (χ3n) is 1.84. The van der Waals surface area contributed by atoms with E-state index in [2.05, 4.69) is 21.2 Å². The van der Waals surface area contributed by atoms with Crippen molar-refractivity contribution < 1.29 is 14.6 Å². The number of carboxylic acids is 1. The highest BCUT2D eigenvalue weighted by molar-refractivity contribution is 9.11. The predicted octanol–water partition coefficient (Wildman–Crippen LogP) is 0.562. The van der Waals surface area contributed by atoms with Gasteiger partial charge in [0.2, 0.25) is 0 Å². The molecule has 0 unspecified atom stereocenters. The zero-order valence-corrected chi connectivity index (χ0v) is 7.54. The normalized spacial score (nSPS) is 31.4. The zero-order valence-electron chi connectivity index (χ0n) is 5.95.